The summed E-state index contributed by atoms with van der Waals surface area (Å²) in [7, 11) is 0. The van der Waals surface area contributed by atoms with Crippen molar-refractivity contribution in [3.63, 3.8) is 0 Å². The van der Waals surface area contributed by atoms with Gasteiger partial charge in [0.1, 0.15) is 11.4 Å². The lowest BCUT2D eigenvalue weighted by Gasteiger charge is -2.43. The summed E-state index contributed by atoms with van der Waals surface area (Å²) in [6.45, 7) is 4.75. The average Bonchev–Trinajstić information content (AvgIpc) is 3.14. The lowest BCUT2D eigenvalue weighted by Crippen LogP contribution is -2.49. The molecule has 5 aromatic rings. The van der Waals surface area contributed by atoms with Crippen LogP contribution in [-0.2, 0) is 5.41 Å². The van der Waals surface area contributed by atoms with Crippen molar-refractivity contribution in [2.24, 2.45) is 0 Å². The van der Waals surface area contributed by atoms with E-state index < -0.39 is 0 Å². The molecule has 0 aromatic heterocycles. The molecule has 1 saturated carbocycles. The molecule has 35 heavy (non-hydrogen) atoms. The Kier molecular flexibility index (Phi) is 4.42. The van der Waals surface area contributed by atoms with Crippen molar-refractivity contribution in [1.29, 1.82) is 0 Å². The molecule has 5 aromatic carbocycles. The molecule has 1 heteroatoms. The molecule has 0 saturated heterocycles. The summed E-state index contributed by atoms with van der Waals surface area (Å²) in [6.07, 6.45) is 4.85. The first-order valence-electron chi connectivity index (χ1n) is 12.9. The van der Waals surface area contributed by atoms with E-state index in [1.165, 1.54) is 68.6 Å². The molecule has 7 rings (SSSR count). The molecule has 1 fully saturated rings. The quantitative estimate of drug-likeness (QED) is 0.241. The predicted molar refractivity (Wildman–Crippen MR) is 147 cm³/mol. The largest absolute Gasteiger partial charge is 0.486 e. The van der Waals surface area contributed by atoms with Crippen molar-refractivity contribution < 1.29 is 4.74 Å². The normalized spacial score (nSPS) is 23.1. The first-order valence-corrected chi connectivity index (χ1v) is 12.9. The predicted octanol–water partition coefficient (Wildman–Crippen LogP) is 9.31. The van der Waals surface area contributed by atoms with Crippen LogP contribution in [0.1, 0.15) is 45.1 Å². The average molecular weight is 455 g/mol. The second-order valence-corrected chi connectivity index (χ2v) is 10.8. The molecule has 1 aliphatic carbocycles. The topological polar surface area (TPSA) is 9.23 Å². The summed E-state index contributed by atoms with van der Waals surface area (Å²) in [5.74, 6) is 1.08. The standard InChI is InChI=1S/C34H30O/c1-33-20-10-11-21-34(33,2)35-30-19-18-24(22-29(30)33)32-27-16-8-6-14-25(27)31(23-12-4-3-5-13-23)26-15-7-9-17-28(26)32/h3-9,12-19,22H,10-11,20-21H2,1-2H3. The number of rotatable bonds is 2. The van der Waals surface area contributed by atoms with Gasteiger partial charge in [-0.05, 0) is 82.1 Å². The van der Waals surface area contributed by atoms with E-state index in [1.54, 1.807) is 0 Å². The zero-order valence-corrected chi connectivity index (χ0v) is 20.5. The Morgan fingerprint density at radius 3 is 1.74 bits per heavy atom. The number of fused-ring (bicyclic) bond motifs is 5. The van der Waals surface area contributed by atoms with Gasteiger partial charge in [0, 0.05) is 11.0 Å². The fourth-order valence-electron chi connectivity index (χ4n) is 6.87. The van der Waals surface area contributed by atoms with Crippen LogP contribution in [0.2, 0.25) is 0 Å². The van der Waals surface area contributed by atoms with Gasteiger partial charge >= 0.3 is 0 Å². The summed E-state index contributed by atoms with van der Waals surface area (Å²) in [6, 6.07) is 35.6. The van der Waals surface area contributed by atoms with Crippen LogP contribution in [0, 0.1) is 0 Å². The molecule has 1 nitrogen and oxygen atoms in total. The summed E-state index contributed by atoms with van der Waals surface area (Å²) < 4.78 is 6.64. The third-order valence-corrected chi connectivity index (χ3v) is 8.94. The lowest BCUT2D eigenvalue weighted by molar-refractivity contribution is 0.00740. The lowest BCUT2D eigenvalue weighted by atomic mass is 9.63. The first-order chi connectivity index (χ1) is 17.1. The minimum Gasteiger partial charge on any atom is -0.486 e. The van der Waals surface area contributed by atoms with Crippen LogP contribution < -0.4 is 4.74 Å². The molecule has 2 atom stereocenters. The summed E-state index contributed by atoms with van der Waals surface area (Å²) >= 11 is 0. The summed E-state index contributed by atoms with van der Waals surface area (Å²) in [4.78, 5) is 0. The zero-order valence-electron chi connectivity index (χ0n) is 20.5. The van der Waals surface area contributed by atoms with Gasteiger partial charge in [0.25, 0.3) is 0 Å². The van der Waals surface area contributed by atoms with Crippen LogP contribution in [0.25, 0.3) is 43.8 Å². The molecule has 1 aliphatic heterocycles. The van der Waals surface area contributed by atoms with Gasteiger partial charge in [-0.2, -0.15) is 0 Å². The van der Waals surface area contributed by atoms with E-state index in [9.17, 15) is 0 Å². The smallest absolute Gasteiger partial charge is 0.124 e. The van der Waals surface area contributed by atoms with Crippen molar-refractivity contribution in [1.82, 2.24) is 0 Å². The SMILES string of the molecule is CC12CCCCC1(C)c1cc(-c3c4ccccc4c(-c4ccccc4)c4ccccc34)ccc1O2. The van der Waals surface area contributed by atoms with E-state index in [1.807, 2.05) is 0 Å². The molecule has 0 amide bonds. The van der Waals surface area contributed by atoms with Gasteiger partial charge in [-0.15, -0.1) is 0 Å². The van der Waals surface area contributed by atoms with Crippen LogP contribution in [0.4, 0.5) is 0 Å². The molecular weight excluding hydrogens is 424 g/mol. The highest BCUT2D eigenvalue weighted by atomic mass is 16.5. The van der Waals surface area contributed by atoms with E-state index in [4.69, 9.17) is 4.74 Å². The Morgan fingerprint density at radius 1 is 0.571 bits per heavy atom. The first kappa shape index (κ1) is 20.8. The van der Waals surface area contributed by atoms with Crippen LogP contribution >= 0.6 is 0 Å². The fourth-order valence-corrected chi connectivity index (χ4v) is 6.87. The summed E-state index contributed by atoms with van der Waals surface area (Å²) in [5.41, 5.74) is 6.54. The van der Waals surface area contributed by atoms with Gasteiger partial charge in [0.15, 0.2) is 0 Å². The molecule has 2 unspecified atom stereocenters. The fraction of sp³-hybridized carbons (Fsp3) is 0.235. The third-order valence-electron chi connectivity index (χ3n) is 8.94. The molecule has 1 heterocycles. The maximum absolute atomic E-state index is 6.64. The Labute approximate surface area is 207 Å². The van der Waals surface area contributed by atoms with Gasteiger partial charge in [0.05, 0.1) is 0 Å². The highest BCUT2D eigenvalue weighted by Crippen LogP contribution is 2.57. The minimum atomic E-state index is -0.104. The highest BCUT2D eigenvalue weighted by molar-refractivity contribution is 6.21. The van der Waals surface area contributed by atoms with Gasteiger partial charge in [-0.1, -0.05) is 98.3 Å². The van der Waals surface area contributed by atoms with Crippen LogP contribution in [0.3, 0.4) is 0 Å². The van der Waals surface area contributed by atoms with Crippen molar-refractivity contribution >= 4 is 21.5 Å². The second kappa shape index (κ2) is 7.46. The van der Waals surface area contributed by atoms with Gasteiger partial charge in [0.2, 0.25) is 0 Å². The second-order valence-electron chi connectivity index (χ2n) is 10.8. The Bertz CT molecular complexity index is 1540. The minimum absolute atomic E-state index is 0.0617. The van der Waals surface area contributed by atoms with Crippen LogP contribution in [-0.4, -0.2) is 5.60 Å². The monoisotopic (exact) mass is 454 g/mol. The van der Waals surface area contributed by atoms with Crippen molar-refractivity contribution in [3.8, 4) is 28.0 Å². The number of hydrogen-bond acceptors (Lipinski definition) is 1. The van der Waals surface area contributed by atoms with Gasteiger partial charge < -0.3 is 4.74 Å². The molecule has 0 spiro atoms. The summed E-state index contributed by atoms with van der Waals surface area (Å²) in [5, 5.41) is 5.22. The number of benzene rings is 5. The molecule has 2 aliphatic rings. The maximum atomic E-state index is 6.64. The van der Waals surface area contributed by atoms with Crippen LogP contribution in [0.15, 0.2) is 97.1 Å². The molecule has 0 N–H and O–H groups in total. The van der Waals surface area contributed by atoms with E-state index in [0.717, 1.165) is 12.2 Å². The Balaban J connectivity index is 1.54. The van der Waals surface area contributed by atoms with E-state index >= 15 is 0 Å². The molecule has 0 bridgehead atoms. The molecule has 0 radical (unpaired) electrons. The number of hydrogen-bond donors (Lipinski definition) is 0. The Hall–Kier alpha value is -3.58. The number of ether oxygens (including phenoxy) is 1. The van der Waals surface area contributed by atoms with Crippen molar-refractivity contribution in [2.75, 3.05) is 0 Å². The highest BCUT2D eigenvalue weighted by Gasteiger charge is 2.55. The van der Waals surface area contributed by atoms with E-state index in [0.29, 0.717) is 0 Å². The zero-order chi connectivity index (χ0) is 23.6. The maximum Gasteiger partial charge on any atom is 0.124 e. The Morgan fingerprint density at radius 2 is 1.11 bits per heavy atom. The molecule has 172 valence electrons. The molecular formula is C34H30O. The van der Waals surface area contributed by atoms with Crippen molar-refractivity contribution in [2.45, 2.75) is 50.5 Å². The van der Waals surface area contributed by atoms with E-state index in [2.05, 4.69) is 111 Å². The van der Waals surface area contributed by atoms with Gasteiger partial charge in [-0.3, -0.25) is 0 Å². The van der Waals surface area contributed by atoms with Crippen molar-refractivity contribution in [3.05, 3.63) is 103 Å². The van der Waals surface area contributed by atoms with Gasteiger partial charge in [-0.25, -0.2) is 0 Å². The third kappa shape index (κ3) is 2.88. The van der Waals surface area contributed by atoms with Crippen LogP contribution in [0.5, 0.6) is 5.75 Å². The van der Waals surface area contributed by atoms with E-state index in [-0.39, 0.29) is 11.0 Å².